The number of hydrogen-bond donors (Lipinski definition) is 0. The summed E-state index contributed by atoms with van der Waals surface area (Å²) in [7, 11) is 0. The standard InChI is InChI=1S/C11H16O6/c1-7-2-8(4-15-10(7)12)3-14-5-9-6-16-11(13)17-9/h7-9H,2-6H2,1H3. The van der Waals surface area contributed by atoms with Crippen LogP contribution in [-0.4, -0.2) is 44.7 Å². The number of carbonyl (C=O) groups is 2. The van der Waals surface area contributed by atoms with Gasteiger partial charge in [0.15, 0.2) is 6.10 Å². The first-order chi connectivity index (χ1) is 8.15. The van der Waals surface area contributed by atoms with Crippen molar-refractivity contribution in [2.75, 3.05) is 26.4 Å². The van der Waals surface area contributed by atoms with Crippen molar-refractivity contribution >= 4 is 12.1 Å². The quantitative estimate of drug-likeness (QED) is 0.679. The van der Waals surface area contributed by atoms with Gasteiger partial charge in [0.05, 0.1) is 25.7 Å². The average Bonchev–Trinajstić information content (AvgIpc) is 2.70. The lowest BCUT2D eigenvalue weighted by molar-refractivity contribution is -0.157. The second-order valence-electron chi connectivity index (χ2n) is 4.47. The molecule has 6 nitrogen and oxygen atoms in total. The van der Waals surface area contributed by atoms with Crippen LogP contribution in [0.1, 0.15) is 13.3 Å². The third-order valence-corrected chi connectivity index (χ3v) is 2.86. The summed E-state index contributed by atoms with van der Waals surface area (Å²) in [6.07, 6.45) is -0.176. The molecule has 2 aliphatic heterocycles. The summed E-state index contributed by atoms with van der Waals surface area (Å²) in [5.74, 6) is 0.0186. The van der Waals surface area contributed by atoms with E-state index in [1.54, 1.807) is 0 Å². The van der Waals surface area contributed by atoms with Crippen LogP contribution in [0.2, 0.25) is 0 Å². The van der Waals surface area contributed by atoms with E-state index in [1.807, 2.05) is 6.92 Å². The molecule has 0 saturated carbocycles. The molecule has 0 aromatic rings. The lowest BCUT2D eigenvalue weighted by Crippen LogP contribution is -2.32. The topological polar surface area (TPSA) is 71.1 Å². The Morgan fingerprint density at radius 2 is 2.06 bits per heavy atom. The third-order valence-electron chi connectivity index (χ3n) is 2.86. The van der Waals surface area contributed by atoms with Crippen molar-refractivity contribution in [2.24, 2.45) is 11.8 Å². The van der Waals surface area contributed by atoms with Crippen LogP contribution in [0.5, 0.6) is 0 Å². The molecule has 0 aromatic carbocycles. The normalized spacial score (nSPS) is 32.9. The largest absolute Gasteiger partial charge is 0.508 e. The van der Waals surface area contributed by atoms with Crippen LogP contribution < -0.4 is 0 Å². The van der Waals surface area contributed by atoms with E-state index in [4.69, 9.17) is 14.2 Å². The van der Waals surface area contributed by atoms with E-state index in [0.717, 1.165) is 6.42 Å². The zero-order chi connectivity index (χ0) is 12.3. The maximum Gasteiger partial charge on any atom is 0.508 e. The molecule has 2 saturated heterocycles. The zero-order valence-electron chi connectivity index (χ0n) is 9.72. The molecule has 0 N–H and O–H groups in total. The van der Waals surface area contributed by atoms with E-state index >= 15 is 0 Å². The lowest BCUT2D eigenvalue weighted by Gasteiger charge is -2.25. The second-order valence-corrected chi connectivity index (χ2v) is 4.47. The van der Waals surface area contributed by atoms with Gasteiger partial charge in [-0.2, -0.15) is 0 Å². The van der Waals surface area contributed by atoms with Gasteiger partial charge in [0, 0.05) is 5.92 Å². The Morgan fingerprint density at radius 3 is 2.71 bits per heavy atom. The highest BCUT2D eigenvalue weighted by molar-refractivity contribution is 5.72. The molecule has 0 spiro atoms. The number of carbonyl (C=O) groups excluding carboxylic acids is 2. The van der Waals surface area contributed by atoms with E-state index in [2.05, 4.69) is 4.74 Å². The van der Waals surface area contributed by atoms with E-state index in [9.17, 15) is 9.59 Å². The fourth-order valence-electron chi connectivity index (χ4n) is 1.94. The van der Waals surface area contributed by atoms with Crippen molar-refractivity contribution in [3.63, 3.8) is 0 Å². The van der Waals surface area contributed by atoms with Gasteiger partial charge in [-0.3, -0.25) is 4.79 Å². The highest BCUT2D eigenvalue weighted by atomic mass is 16.8. The van der Waals surface area contributed by atoms with E-state index in [-0.39, 0.29) is 30.5 Å². The summed E-state index contributed by atoms with van der Waals surface area (Å²) >= 11 is 0. The van der Waals surface area contributed by atoms with Gasteiger partial charge < -0.3 is 18.9 Å². The van der Waals surface area contributed by atoms with Crippen molar-refractivity contribution < 1.29 is 28.5 Å². The van der Waals surface area contributed by atoms with Gasteiger partial charge >= 0.3 is 12.1 Å². The van der Waals surface area contributed by atoms with Crippen LogP contribution in [-0.2, 0) is 23.7 Å². The molecule has 3 unspecified atom stereocenters. The van der Waals surface area contributed by atoms with Crippen LogP contribution in [0, 0.1) is 11.8 Å². The summed E-state index contributed by atoms with van der Waals surface area (Å²) in [5.41, 5.74) is 0. The number of ether oxygens (including phenoxy) is 4. The summed E-state index contributed by atoms with van der Waals surface area (Å²) in [6.45, 7) is 3.33. The van der Waals surface area contributed by atoms with E-state index < -0.39 is 6.16 Å². The Kier molecular flexibility index (Phi) is 3.83. The van der Waals surface area contributed by atoms with E-state index in [1.165, 1.54) is 0 Å². The van der Waals surface area contributed by atoms with Crippen molar-refractivity contribution in [3.8, 4) is 0 Å². The van der Waals surface area contributed by atoms with Crippen LogP contribution in [0.4, 0.5) is 4.79 Å². The summed E-state index contributed by atoms with van der Waals surface area (Å²) in [5, 5.41) is 0. The van der Waals surface area contributed by atoms with Crippen LogP contribution in [0.15, 0.2) is 0 Å². The summed E-state index contributed by atoms with van der Waals surface area (Å²) in [6, 6.07) is 0. The molecule has 3 atom stereocenters. The Balaban J connectivity index is 1.62. The number of cyclic esters (lactones) is 3. The minimum Gasteiger partial charge on any atom is -0.465 e. The Hall–Kier alpha value is -1.30. The Morgan fingerprint density at radius 1 is 1.24 bits per heavy atom. The van der Waals surface area contributed by atoms with E-state index in [0.29, 0.717) is 19.8 Å². The Labute approximate surface area is 99.2 Å². The number of hydrogen-bond acceptors (Lipinski definition) is 6. The van der Waals surface area contributed by atoms with Gasteiger partial charge in [-0.1, -0.05) is 6.92 Å². The van der Waals surface area contributed by atoms with Crippen LogP contribution in [0.3, 0.4) is 0 Å². The maximum atomic E-state index is 11.1. The van der Waals surface area contributed by atoms with Crippen molar-refractivity contribution in [2.45, 2.75) is 19.4 Å². The van der Waals surface area contributed by atoms with Crippen molar-refractivity contribution in [3.05, 3.63) is 0 Å². The van der Waals surface area contributed by atoms with Crippen molar-refractivity contribution in [1.82, 2.24) is 0 Å². The molecule has 96 valence electrons. The molecule has 2 fully saturated rings. The molecule has 0 radical (unpaired) electrons. The highest BCUT2D eigenvalue weighted by Gasteiger charge is 2.28. The lowest BCUT2D eigenvalue weighted by atomic mass is 9.95. The molecule has 0 aliphatic carbocycles. The second kappa shape index (κ2) is 5.35. The summed E-state index contributed by atoms with van der Waals surface area (Å²) in [4.78, 5) is 21.8. The molecular weight excluding hydrogens is 228 g/mol. The monoisotopic (exact) mass is 244 g/mol. The molecule has 2 heterocycles. The number of esters is 1. The molecule has 2 aliphatic rings. The zero-order valence-corrected chi connectivity index (χ0v) is 9.72. The fraction of sp³-hybridized carbons (Fsp3) is 0.818. The van der Waals surface area contributed by atoms with Crippen molar-refractivity contribution in [1.29, 1.82) is 0 Å². The predicted molar refractivity (Wildman–Crippen MR) is 55.3 cm³/mol. The van der Waals surface area contributed by atoms with Gasteiger partial charge in [0.1, 0.15) is 6.61 Å². The molecule has 0 bridgehead atoms. The molecule has 0 amide bonds. The smallest absolute Gasteiger partial charge is 0.465 e. The highest BCUT2D eigenvalue weighted by Crippen LogP contribution is 2.20. The maximum absolute atomic E-state index is 11.1. The van der Waals surface area contributed by atoms with Crippen LogP contribution in [0.25, 0.3) is 0 Å². The first-order valence-electron chi connectivity index (χ1n) is 5.73. The molecule has 2 rings (SSSR count). The number of rotatable bonds is 4. The van der Waals surface area contributed by atoms with Gasteiger partial charge in [0.25, 0.3) is 0 Å². The SMILES string of the molecule is CC1CC(COCC2COC(=O)O2)COC1=O. The third kappa shape index (κ3) is 3.33. The molecule has 0 aromatic heterocycles. The van der Waals surface area contributed by atoms with Gasteiger partial charge in [-0.05, 0) is 6.42 Å². The molecular formula is C11H16O6. The first-order valence-corrected chi connectivity index (χ1v) is 5.73. The average molecular weight is 244 g/mol. The minimum atomic E-state index is -0.640. The molecule has 17 heavy (non-hydrogen) atoms. The van der Waals surface area contributed by atoms with Crippen LogP contribution >= 0.6 is 0 Å². The predicted octanol–water partition coefficient (Wildman–Crippen LogP) is 0.738. The fourth-order valence-corrected chi connectivity index (χ4v) is 1.94. The van der Waals surface area contributed by atoms with Gasteiger partial charge in [-0.25, -0.2) is 4.79 Å². The summed E-state index contributed by atoms with van der Waals surface area (Å²) < 4.78 is 19.9. The van der Waals surface area contributed by atoms with Gasteiger partial charge in [0.2, 0.25) is 0 Å². The molecule has 6 heteroatoms. The van der Waals surface area contributed by atoms with Gasteiger partial charge in [-0.15, -0.1) is 0 Å². The first kappa shape index (κ1) is 12.2. The minimum absolute atomic E-state index is 0.0648. The Bertz CT molecular complexity index is 302.